The van der Waals surface area contributed by atoms with E-state index in [4.69, 9.17) is 16.7 Å². The number of hydrogen-bond acceptors (Lipinski definition) is 4. The fraction of sp³-hybridized carbons (Fsp3) is 0.100. The Bertz CT molecular complexity index is 702. The van der Waals surface area contributed by atoms with Gasteiger partial charge >= 0.3 is 0 Å². The molecule has 0 amide bonds. The zero-order chi connectivity index (χ0) is 14.0. The van der Waals surface area contributed by atoms with Gasteiger partial charge in [-0.25, -0.2) is 0 Å². The number of aromatic nitrogens is 2. The number of halogens is 2. The Balaban J connectivity index is 2.34. The number of nitrogens with one attached hydrogen (secondary N) is 2. The molecule has 1 heterocycles. The first-order valence-electron chi connectivity index (χ1n) is 5.05. The molecule has 0 aliphatic heterocycles. The second kappa shape index (κ2) is 5.49. The van der Waals surface area contributed by atoms with Gasteiger partial charge in [-0.05, 0) is 34.1 Å². The van der Waals surface area contributed by atoms with Crippen LogP contribution in [0.4, 0.5) is 5.69 Å². The minimum atomic E-state index is -3.83. The molecule has 0 saturated carbocycles. The number of aliphatic hydroxyl groups is 1. The predicted octanol–water partition coefficient (Wildman–Crippen LogP) is 2.12. The van der Waals surface area contributed by atoms with E-state index in [0.29, 0.717) is 15.2 Å². The molecule has 3 N–H and O–H groups in total. The normalized spacial score (nSPS) is 11.5. The number of hydrogen-bond donors (Lipinski definition) is 3. The Morgan fingerprint density at radius 3 is 2.84 bits per heavy atom. The summed E-state index contributed by atoms with van der Waals surface area (Å²) in [7, 11) is -3.83. The van der Waals surface area contributed by atoms with E-state index in [1.807, 2.05) is 0 Å². The maximum Gasteiger partial charge on any atom is 0.279 e. The summed E-state index contributed by atoms with van der Waals surface area (Å²) in [6, 6.07) is 4.62. The van der Waals surface area contributed by atoms with Crippen molar-refractivity contribution in [1.82, 2.24) is 10.2 Å². The van der Waals surface area contributed by atoms with E-state index < -0.39 is 16.6 Å². The summed E-state index contributed by atoms with van der Waals surface area (Å²) in [6.07, 6.45) is 1.26. The van der Waals surface area contributed by atoms with Gasteiger partial charge < -0.3 is 5.11 Å². The van der Waals surface area contributed by atoms with Gasteiger partial charge in [-0.1, -0.05) is 11.6 Å². The molecule has 0 saturated heterocycles. The lowest BCUT2D eigenvalue weighted by Crippen LogP contribution is -2.15. The molecule has 1 aromatic heterocycles. The summed E-state index contributed by atoms with van der Waals surface area (Å²) in [5.41, 5.74) is 0.537. The number of aliphatic hydroxyl groups excluding tert-OH is 1. The van der Waals surface area contributed by atoms with Crippen LogP contribution >= 0.6 is 27.5 Å². The van der Waals surface area contributed by atoms with Crippen LogP contribution in [-0.4, -0.2) is 23.7 Å². The standard InChI is InChI=1S/C10H9BrClN3O3S/c11-8-3-7(1-2-9(8)12)15-19(17,18)10-6(5-16)4-13-14-10/h1-4,15-16H,5H2,(H,13,14). The van der Waals surface area contributed by atoms with Gasteiger partial charge in [0.15, 0.2) is 5.03 Å². The molecular weight excluding hydrogens is 358 g/mol. The lowest BCUT2D eigenvalue weighted by Gasteiger charge is -2.08. The highest BCUT2D eigenvalue weighted by Gasteiger charge is 2.20. The SMILES string of the molecule is O=S(=O)(Nc1ccc(Cl)c(Br)c1)c1[nH]ncc1CO. The maximum absolute atomic E-state index is 12.1. The van der Waals surface area contributed by atoms with E-state index in [1.165, 1.54) is 18.3 Å². The summed E-state index contributed by atoms with van der Waals surface area (Å²) in [4.78, 5) is 0. The summed E-state index contributed by atoms with van der Waals surface area (Å²) >= 11 is 9.03. The first-order valence-corrected chi connectivity index (χ1v) is 7.70. The third-order valence-corrected chi connectivity index (χ3v) is 4.90. The van der Waals surface area contributed by atoms with Crippen LogP contribution in [-0.2, 0) is 16.6 Å². The van der Waals surface area contributed by atoms with Crippen molar-refractivity contribution in [3.63, 3.8) is 0 Å². The van der Waals surface area contributed by atoms with Crippen LogP contribution in [0, 0.1) is 0 Å². The van der Waals surface area contributed by atoms with Gasteiger partial charge in [0, 0.05) is 10.0 Å². The van der Waals surface area contributed by atoms with Gasteiger partial charge in [0.1, 0.15) is 0 Å². The summed E-state index contributed by atoms with van der Waals surface area (Å²) in [5.74, 6) is 0. The monoisotopic (exact) mass is 365 g/mol. The Morgan fingerprint density at radius 1 is 1.47 bits per heavy atom. The van der Waals surface area contributed by atoms with Gasteiger partial charge in [-0.3, -0.25) is 9.82 Å². The van der Waals surface area contributed by atoms with Crippen LogP contribution in [0.5, 0.6) is 0 Å². The molecule has 6 nitrogen and oxygen atoms in total. The minimum Gasteiger partial charge on any atom is -0.392 e. The van der Waals surface area contributed by atoms with Crippen molar-refractivity contribution in [1.29, 1.82) is 0 Å². The fourth-order valence-corrected chi connectivity index (χ4v) is 3.08. The fourth-order valence-electron chi connectivity index (χ4n) is 1.41. The lowest BCUT2D eigenvalue weighted by atomic mass is 10.3. The van der Waals surface area contributed by atoms with Crippen molar-refractivity contribution in [3.05, 3.63) is 39.5 Å². The Kier molecular flexibility index (Phi) is 4.14. The second-order valence-corrected chi connectivity index (χ2v) is 6.50. The summed E-state index contributed by atoms with van der Waals surface area (Å²) in [6.45, 7) is -0.420. The molecular formula is C10H9BrClN3O3S. The molecule has 0 radical (unpaired) electrons. The first-order chi connectivity index (χ1) is 8.94. The van der Waals surface area contributed by atoms with Gasteiger partial charge in [-0.2, -0.15) is 13.5 Å². The number of rotatable bonds is 4. The molecule has 0 bridgehead atoms. The topological polar surface area (TPSA) is 95.1 Å². The quantitative estimate of drug-likeness (QED) is 0.772. The number of sulfonamides is 1. The van der Waals surface area contributed by atoms with Gasteiger partial charge in [-0.15, -0.1) is 0 Å². The van der Waals surface area contributed by atoms with Crippen molar-refractivity contribution in [2.75, 3.05) is 4.72 Å². The van der Waals surface area contributed by atoms with E-state index in [1.54, 1.807) is 6.07 Å². The molecule has 0 aliphatic rings. The van der Waals surface area contributed by atoms with Crippen LogP contribution in [0.25, 0.3) is 0 Å². The third kappa shape index (κ3) is 3.08. The number of anilines is 1. The number of H-pyrrole nitrogens is 1. The van der Waals surface area contributed by atoms with Crippen molar-refractivity contribution in [2.45, 2.75) is 11.6 Å². The molecule has 102 valence electrons. The van der Waals surface area contributed by atoms with Crippen LogP contribution in [0.3, 0.4) is 0 Å². The van der Waals surface area contributed by atoms with Crippen LogP contribution in [0.2, 0.25) is 5.02 Å². The third-order valence-electron chi connectivity index (χ3n) is 2.29. The molecule has 0 unspecified atom stereocenters. The molecule has 0 atom stereocenters. The molecule has 0 fully saturated rings. The number of aromatic amines is 1. The van der Waals surface area contributed by atoms with E-state index in [-0.39, 0.29) is 10.6 Å². The molecule has 2 aromatic rings. The van der Waals surface area contributed by atoms with Crippen molar-refractivity contribution in [3.8, 4) is 0 Å². The molecule has 1 aromatic carbocycles. The molecule has 0 aliphatic carbocycles. The average Bonchev–Trinajstić information content (AvgIpc) is 2.82. The largest absolute Gasteiger partial charge is 0.392 e. The average molecular weight is 367 g/mol. The van der Waals surface area contributed by atoms with Gasteiger partial charge in [0.05, 0.1) is 23.5 Å². The molecule has 0 spiro atoms. The van der Waals surface area contributed by atoms with Crippen molar-refractivity contribution in [2.24, 2.45) is 0 Å². The Labute approximate surface area is 123 Å². The van der Waals surface area contributed by atoms with Crippen LogP contribution in [0.1, 0.15) is 5.56 Å². The van der Waals surface area contributed by atoms with E-state index in [2.05, 4.69) is 30.8 Å². The van der Waals surface area contributed by atoms with E-state index >= 15 is 0 Å². The van der Waals surface area contributed by atoms with Gasteiger partial charge in [0.25, 0.3) is 10.0 Å². The summed E-state index contributed by atoms with van der Waals surface area (Å²) < 4.78 is 27.1. The molecule has 9 heteroatoms. The number of nitrogens with zero attached hydrogens (tertiary/aromatic N) is 1. The Morgan fingerprint density at radius 2 is 2.21 bits per heavy atom. The maximum atomic E-state index is 12.1. The highest BCUT2D eigenvalue weighted by Crippen LogP contribution is 2.27. The zero-order valence-corrected chi connectivity index (χ0v) is 12.6. The second-order valence-electron chi connectivity index (χ2n) is 3.62. The highest BCUT2D eigenvalue weighted by molar-refractivity contribution is 9.10. The minimum absolute atomic E-state index is 0.166. The molecule has 2 rings (SSSR count). The Hall–Kier alpha value is -1.09. The van der Waals surface area contributed by atoms with Crippen LogP contribution < -0.4 is 4.72 Å². The predicted molar refractivity (Wildman–Crippen MR) is 74.5 cm³/mol. The summed E-state index contributed by atoms with van der Waals surface area (Å²) in [5, 5.41) is 15.3. The zero-order valence-electron chi connectivity index (χ0n) is 9.39. The van der Waals surface area contributed by atoms with Crippen molar-refractivity contribution < 1.29 is 13.5 Å². The lowest BCUT2D eigenvalue weighted by molar-refractivity contribution is 0.278. The highest BCUT2D eigenvalue weighted by atomic mass is 79.9. The van der Waals surface area contributed by atoms with Gasteiger partial charge in [0.2, 0.25) is 0 Å². The first kappa shape index (κ1) is 14.3. The van der Waals surface area contributed by atoms with Crippen LogP contribution in [0.15, 0.2) is 33.9 Å². The van der Waals surface area contributed by atoms with Crippen molar-refractivity contribution >= 4 is 43.2 Å². The van der Waals surface area contributed by atoms with E-state index in [9.17, 15) is 8.42 Å². The smallest absolute Gasteiger partial charge is 0.279 e. The number of benzene rings is 1. The molecule has 19 heavy (non-hydrogen) atoms. The van der Waals surface area contributed by atoms with E-state index in [0.717, 1.165) is 0 Å².